The molecule has 0 spiro atoms. The number of hydrogen-bond donors (Lipinski definition) is 2. The van der Waals surface area contributed by atoms with Crippen LogP contribution in [-0.4, -0.2) is 25.4 Å². The Hall–Kier alpha value is -3.32. The van der Waals surface area contributed by atoms with Crippen LogP contribution >= 0.6 is 0 Å². The molecule has 1 aromatic carbocycles. The number of carbonyl (C=O) groups is 1. The highest BCUT2D eigenvalue weighted by Crippen LogP contribution is 2.21. The third-order valence-electron chi connectivity index (χ3n) is 5.01. The van der Waals surface area contributed by atoms with Crippen molar-refractivity contribution in [2.45, 2.75) is 46.8 Å². The molecule has 7 nitrogen and oxygen atoms in total. The maximum absolute atomic E-state index is 13.6. The monoisotopic (exact) mass is 407 g/mol. The molecule has 0 amide bonds. The maximum Gasteiger partial charge on any atom is 0.329 e. The van der Waals surface area contributed by atoms with Crippen molar-refractivity contribution in [1.29, 1.82) is 0 Å². The quantitative estimate of drug-likeness (QED) is 0.611. The molecule has 3 rings (SSSR count). The van der Waals surface area contributed by atoms with Gasteiger partial charge in [-0.25, -0.2) is 4.79 Å². The third kappa shape index (κ3) is 4.16. The van der Waals surface area contributed by atoms with Crippen molar-refractivity contribution in [2.24, 2.45) is 0 Å². The first-order valence-corrected chi connectivity index (χ1v) is 9.75. The van der Waals surface area contributed by atoms with E-state index in [2.05, 4.69) is 9.97 Å². The van der Waals surface area contributed by atoms with E-state index in [1.165, 1.54) is 10.8 Å². The predicted octanol–water partition coefficient (Wildman–Crippen LogP) is 2.44. The minimum atomic E-state index is -0.669. The van der Waals surface area contributed by atoms with Gasteiger partial charge in [0.25, 0.3) is 5.56 Å². The lowest BCUT2D eigenvalue weighted by molar-refractivity contribution is 0.102. The van der Waals surface area contributed by atoms with Gasteiger partial charge < -0.3 is 5.11 Å². The molecule has 30 heavy (non-hydrogen) atoms. The van der Waals surface area contributed by atoms with Gasteiger partial charge in [-0.15, -0.1) is 0 Å². The normalized spacial score (nSPS) is 11.1. The van der Waals surface area contributed by atoms with Crippen molar-refractivity contribution in [2.75, 3.05) is 0 Å². The second-order valence-corrected chi connectivity index (χ2v) is 7.77. The molecule has 0 bridgehead atoms. The summed E-state index contributed by atoms with van der Waals surface area (Å²) in [6.07, 6.45) is 3.07. The van der Waals surface area contributed by atoms with E-state index in [4.69, 9.17) is 0 Å². The molecule has 2 heterocycles. The zero-order valence-corrected chi connectivity index (χ0v) is 17.5. The molecule has 0 aliphatic carbocycles. The summed E-state index contributed by atoms with van der Waals surface area (Å²) in [5.74, 6) is -0.659. The first-order valence-electron chi connectivity index (χ1n) is 9.75. The van der Waals surface area contributed by atoms with Crippen molar-refractivity contribution >= 4 is 5.78 Å². The third-order valence-corrected chi connectivity index (χ3v) is 5.01. The molecule has 0 saturated heterocycles. The van der Waals surface area contributed by atoms with Gasteiger partial charge in [-0.3, -0.25) is 24.1 Å². The van der Waals surface area contributed by atoms with Gasteiger partial charge in [0.05, 0.1) is 13.2 Å². The van der Waals surface area contributed by atoms with Crippen LogP contribution in [0, 0.1) is 13.8 Å². The van der Waals surface area contributed by atoms with E-state index in [0.717, 1.165) is 11.1 Å². The van der Waals surface area contributed by atoms with Gasteiger partial charge >= 0.3 is 5.69 Å². The second-order valence-electron chi connectivity index (χ2n) is 7.77. The van der Waals surface area contributed by atoms with Crippen LogP contribution in [-0.2, 0) is 13.2 Å². The molecule has 0 aliphatic rings. The zero-order chi connectivity index (χ0) is 22.0. The van der Waals surface area contributed by atoms with Gasteiger partial charge in [-0.05, 0) is 43.5 Å². The SMILES string of the molecule is Cc1cc(C)cc(C(=O)c2c(C(C)C)c(=O)[nH]c(=O)n2Cc2ccncc2CO)c1. The molecule has 0 fully saturated rings. The Kier molecular flexibility index (Phi) is 6.12. The Morgan fingerprint density at radius 1 is 1.13 bits per heavy atom. The van der Waals surface area contributed by atoms with Crippen molar-refractivity contribution in [3.8, 4) is 0 Å². The molecular formula is C23H25N3O4. The number of hydrogen-bond acceptors (Lipinski definition) is 5. The smallest absolute Gasteiger partial charge is 0.329 e. The minimum Gasteiger partial charge on any atom is -0.392 e. The van der Waals surface area contributed by atoms with E-state index in [0.29, 0.717) is 16.7 Å². The first-order chi connectivity index (χ1) is 14.2. The van der Waals surface area contributed by atoms with Gasteiger partial charge in [0.1, 0.15) is 5.69 Å². The zero-order valence-electron chi connectivity index (χ0n) is 17.5. The number of nitrogens with one attached hydrogen (secondary N) is 1. The highest BCUT2D eigenvalue weighted by Gasteiger charge is 2.25. The van der Waals surface area contributed by atoms with Crippen molar-refractivity contribution < 1.29 is 9.90 Å². The topological polar surface area (TPSA) is 105 Å². The number of aliphatic hydroxyl groups excluding tert-OH is 1. The summed E-state index contributed by atoms with van der Waals surface area (Å²) >= 11 is 0. The molecule has 3 aromatic rings. The van der Waals surface area contributed by atoms with E-state index in [1.54, 1.807) is 24.4 Å². The van der Waals surface area contributed by atoms with Gasteiger partial charge in [-0.1, -0.05) is 31.0 Å². The summed E-state index contributed by atoms with van der Waals surface area (Å²) in [5.41, 5.74) is 2.55. The van der Waals surface area contributed by atoms with E-state index in [9.17, 15) is 19.5 Å². The maximum atomic E-state index is 13.6. The van der Waals surface area contributed by atoms with Gasteiger partial charge in [-0.2, -0.15) is 0 Å². The van der Waals surface area contributed by atoms with Crippen LogP contribution in [0.25, 0.3) is 0 Å². The summed E-state index contributed by atoms with van der Waals surface area (Å²) in [4.78, 5) is 45.3. The summed E-state index contributed by atoms with van der Waals surface area (Å²) in [7, 11) is 0. The number of H-pyrrole nitrogens is 1. The van der Waals surface area contributed by atoms with E-state index < -0.39 is 11.2 Å². The van der Waals surface area contributed by atoms with Crippen LogP contribution in [0.3, 0.4) is 0 Å². The second kappa shape index (κ2) is 8.59. The Morgan fingerprint density at radius 3 is 2.40 bits per heavy atom. The number of aliphatic hydroxyl groups is 1. The Balaban J connectivity index is 2.30. The molecule has 0 radical (unpaired) electrons. The average molecular weight is 407 g/mol. The first kappa shape index (κ1) is 21.4. The predicted molar refractivity (Wildman–Crippen MR) is 114 cm³/mol. The lowest BCUT2D eigenvalue weighted by Gasteiger charge is -2.18. The lowest BCUT2D eigenvalue weighted by Crippen LogP contribution is -2.38. The lowest BCUT2D eigenvalue weighted by atomic mass is 9.95. The highest BCUT2D eigenvalue weighted by atomic mass is 16.3. The Morgan fingerprint density at radius 2 is 1.80 bits per heavy atom. The number of nitrogens with zero attached hydrogens (tertiary/aromatic N) is 2. The van der Waals surface area contributed by atoms with Gasteiger partial charge in [0, 0.05) is 29.1 Å². The summed E-state index contributed by atoms with van der Waals surface area (Å²) in [6, 6.07) is 7.14. The minimum absolute atomic E-state index is 0.0274. The van der Waals surface area contributed by atoms with E-state index >= 15 is 0 Å². The molecule has 0 aliphatic heterocycles. The van der Waals surface area contributed by atoms with E-state index in [-0.39, 0.29) is 36.1 Å². The van der Waals surface area contributed by atoms with E-state index in [1.807, 2.05) is 33.8 Å². The molecule has 156 valence electrons. The molecule has 7 heteroatoms. The molecule has 0 unspecified atom stereocenters. The fourth-order valence-electron chi connectivity index (χ4n) is 3.68. The number of carbonyl (C=O) groups excluding carboxylic acids is 1. The summed E-state index contributed by atoms with van der Waals surface area (Å²) in [5, 5.41) is 9.62. The van der Waals surface area contributed by atoms with Crippen LogP contribution in [0.5, 0.6) is 0 Å². The van der Waals surface area contributed by atoms with Crippen molar-refractivity contribution in [3.05, 3.63) is 96.6 Å². The fourth-order valence-corrected chi connectivity index (χ4v) is 3.68. The molecular weight excluding hydrogens is 382 g/mol. The van der Waals surface area contributed by atoms with Gasteiger partial charge in [0.2, 0.25) is 5.78 Å². The standard InChI is InChI=1S/C23H25N3O4/c1-13(2)19-20(21(28)17-8-14(3)7-15(4)9-17)26(23(30)25-22(19)29)11-16-5-6-24-10-18(16)12-27/h5-10,13,27H,11-12H2,1-4H3,(H,25,29,30). The number of aryl methyl sites for hydroxylation is 2. The van der Waals surface area contributed by atoms with Crippen molar-refractivity contribution in [3.63, 3.8) is 0 Å². The largest absolute Gasteiger partial charge is 0.392 e. The van der Waals surface area contributed by atoms with Crippen LogP contribution in [0.1, 0.15) is 63.6 Å². The molecule has 0 atom stereocenters. The summed E-state index contributed by atoms with van der Waals surface area (Å²) in [6.45, 7) is 7.18. The van der Waals surface area contributed by atoms with Gasteiger partial charge in [0.15, 0.2) is 0 Å². The number of ketones is 1. The summed E-state index contributed by atoms with van der Waals surface area (Å²) < 4.78 is 1.28. The Bertz CT molecular complexity index is 1200. The number of aromatic amines is 1. The number of aromatic nitrogens is 3. The van der Waals surface area contributed by atoms with Crippen LogP contribution in [0.15, 0.2) is 46.2 Å². The molecule has 0 saturated carbocycles. The van der Waals surface area contributed by atoms with Crippen LogP contribution in [0.4, 0.5) is 0 Å². The number of benzene rings is 1. The average Bonchev–Trinajstić information content (AvgIpc) is 2.68. The van der Waals surface area contributed by atoms with Crippen LogP contribution in [0.2, 0.25) is 0 Å². The Labute approximate surface area is 174 Å². The van der Waals surface area contributed by atoms with Crippen LogP contribution < -0.4 is 11.2 Å². The molecule has 2 aromatic heterocycles. The molecule has 2 N–H and O–H groups in total. The highest BCUT2D eigenvalue weighted by molar-refractivity contribution is 6.09. The fraction of sp³-hybridized carbons (Fsp3) is 0.304. The number of rotatable bonds is 6. The number of pyridine rings is 1. The van der Waals surface area contributed by atoms with Crippen molar-refractivity contribution in [1.82, 2.24) is 14.5 Å².